The molecule has 2 aromatic carbocycles. The van der Waals surface area contributed by atoms with Gasteiger partial charge in [-0.3, -0.25) is 24.1 Å². The van der Waals surface area contributed by atoms with Crippen LogP contribution in [0.1, 0.15) is 29.3 Å². The van der Waals surface area contributed by atoms with Crippen molar-refractivity contribution in [1.82, 2.24) is 14.7 Å². The minimum atomic E-state index is -1.45. The van der Waals surface area contributed by atoms with Gasteiger partial charge in [0, 0.05) is 19.2 Å². The van der Waals surface area contributed by atoms with Gasteiger partial charge in [0.25, 0.3) is 5.91 Å². The van der Waals surface area contributed by atoms with Gasteiger partial charge in [0.15, 0.2) is 0 Å². The van der Waals surface area contributed by atoms with Crippen LogP contribution in [0.2, 0.25) is 0 Å². The van der Waals surface area contributed by atoms with Gasteiger partial charge in [-0.25, -0.2) is 4.39 Å². The van der Waals surface area contributed by atoms with Crippen molar-refractivity contribution < 1.29 is 23.6 Å². The van der Waals surface area contributed by atoms with Crippen molar-refractivity contribution in [3.8, 4) is 0 Å². The van der Waals surface area contributed by atoms with Gasteiger partial charge in [-0.15, -0.1) is 0 Å². The van der Waals surface area contributed by atoms with Crippen LogP contribution in [0, 0.1) is 17.7 Å². The van der Waals surface area contributed by atoms with Crippen LogP contribution in [0.5, 0.6) is 0 Å². The monoisotopic (exact) mass is 449 g/mol. The number of nitrogens with zero attached hydrogens (tertiary/aromatic N) is 3. The van der Waals surface area contributed by atoms with Crippen molar-refractivity contribution in [2.75, 3.05) is 13.6 Å². The summed E-state index contributed by atoms with van der Waals surface area (Å²) in [5.74, 6) is -3.79. The lowest BCUT2D eigenvalue weighted by atomic mass is 9.78. The Bertz CT molecular complexity index is 1150. The molecule has 4 atom stereocenters. The minimum Gasteiger partial charge on any atom is -0.342 e. The van der Waals surface area contributed by atoms with Crippen molar-refractivity contribution in [3.05, 3.63) is 71.5 Å². The first kappa shape index (κ1) is 21.3. The predicted octanol–water partition coefficient (Wildman–Crippen LogP) is 2.07. The lowest BCUT2D eigenvalue weighted by Gasteiger charge is -2.48. The number of amides is 4. The summed E-state index contributed by atoms with van der Waals surface area (Å²) >= 11 is 0. The van der Waals surface area contributed by atoms with E-state index in [1.165, 1.54) is 39.0 Å². The fourth-order valence-electron chi connectivity index (χ4n) is 5.90. The molecule has 33 heavy (non-hydrogen) atoms. The topological polar surface area (TPSA) is 78.0 Å². The van der Waals surface area contributed by atoms with Crippen molar-refractivity contribution in [2.45, 2.75) is 31.5 Å². The lowest BCUT2D eigenvalue weighted by Crippen LogP contribution is -2.68. The van der Waals surface area contributed by atoms with Crippen LogP contribution < -0.4 is 0 Å². The fourth-order valence-corrected chi connectivity index (χ4v) is 5.90. The van der Waals surface area contributed by atoms with Crippen LogP contribution in [0.3, 0.4) is 0 Å². The molecule has 0 N–H and O–H groups in total. The maximum absolute atomic E-state index is 13.7. The quantitative estimate of drug-likeness (QED) is 0.670. The maximum atomic E-state index is 13.7. The number of benzene rings is 2. The van der Waals surface area contributed by atoms with Gasteiger partial charge in [-0.05, 0) is 36.2 Å². The van der Waals surface area contributed by atoms with Crippen molar-refractivity contribution in [2.24, 2.45) is 11.8 Å². The minimum absolute atomic E-state index is 0.133. The number of fused-ring (bicyclic) bond motifs is 5. The zero-order chi connectivity index (χ0) is 23.5. The highest BCUT2D eigenvalue weighted by molar-refractivity contribution is 6.13. The summed E-state index contributed by atoms with van der Waals surface area (Å²) in [6.07, 6.45) is 0.193. The molecule has 170 valence electrons. The van der Waals surface area contributed by atoms with Crippen molar-refractivity contribution >= 4 is 23.6 Å². The Morgan fingerprint density at radius 2 is 1.70 bits per heavy atom. The molecule has 0 aliphatic carbocycles. The zero-order valence-corrected chi connectivity index (χ0v) is 18.4. The first-order valence-electron chi connectivity index (χ1n) is 11.0. The first-order valence-corrected chi connectivity index (χ1v) is 11.0. The van der Waals surface area contributed by atoms with E-state index in [4.69, 9.17) is 0 Å². The van der Waals surface area contributed by atoms with Crippen LogP contribution in [0.25, 0.3) is 0 Å². The molecule has 0 aromatic heterocycles. The number of piperazine rings is 1. The van der Waals surface area contributed by atoms with Crippen molar-refractivity contribution in [3.63, 3.8) is 0 Å². The molecule has 3 aliphatic heterocycles. The molecule has 0 spiro atoms. The molecule has 3 saturated heterocycles. The molecule has 3 heterocycles. The lowest BCUT2D eigenvalue weighted by molar-refractivity contribution is -0.155. The normalized spacial score (nSPS) is 28.5. The number of hydrogen-bond donors (Lipinski definition) is 0. The molecule has 5 rings (SSSR count). The van der Waals surface area contributed by atoms with Gasteiger partial charge < -0.3 is 9.80 Å². The summed E-state index contributed by atoms with van der Waals surface area (Å²) in [4.78, 5) is 58.6. The van der Waals surface area contributed by atoms with E-state index in [-0.39, 0.29) is 36.9 Å². The van der Waals surface area contributed by atoms with Crippen LogP contribution >= 0.6 is 0 Å². The molecule has 8 heteroatoms. The van der Waals surface area contributed by atoms with Crippen LogP contribution in [0.4, 0.5) is 4.39 Å². The van der Waals surface area contributed by atoms with E-state index < -0.39 is 41.0 Å². The van der Waals surface area contributed by atoms with Crippen LogP contribution in [-0.2, 0) is 20.9 Å². The molecule has 4 amide bonds. The first-order chi connectivity index (χ1) is 15.8. The largest absolute Gasteiger partial charge is 0.342 e. The van der Waals surface area contributed by atoms with Crippen LogP contribution in [-0.4, -0.2) is 63.5 Å². The summed E-state index contributed by atoms with van der Waals surface area (Å²) < 4.78 is 13.4. The number of likely N-dealkylation sites (N-methyl/N-ethyl adjacent to an activating group) is 1. The Hall–Kier alpha value is -3.55. The number of hydrogen-bond acceptors (Lipinski definition) is 4. The molecule has 0 saturated carbocycles. The highest BCUT2D eigenvalue weighted by atomic mass is 19.1. The summed E-state index contributed by atoms with van der Waals surface area (Å²) in [5.41, 5.74) is -0.415. The van der Waals surface area contributed by atoms with Gasteiger partial charge in [-0.2, -0.15) is 0 Å². The highest BCUT2D eigenvalue weighted by Gasteiger charge is 2.74. The molecule has 7 nitrogen and oxygen atoms in total. The number of carbonyl (C=O) groups excluding carboxylic acids is 4. The van der Waals surface area contributed by atoms with E-state index in [9.17, 15) is 23.6 Å². The molecule has 2 bridgehead atoms. The molecule has 3 aliphatic rings. The Morgan fingerprint density at radius 1 is 1.03 bits per heavy atom. The van der Waals surface area contributed by atoms with Gasteiger partial charge >= 0.3 is 0 Å². The third-order valence-electron chi connectivity index (χ3n) is 7.34. The summed E-state index contributed by atoms with van der Waals surface area (Å²) in [6, 6.07) is 13.7. The molecule has 3 fully saturated rings. The Kier molecular flexibility index (Phi) is 4.84. The number of imide groups is 1. The Labute approximate surface area is 190 Å². The van der Waals surface area contributed by atoms with E-state index in [2.05, 4.69) is 0 Å². The number of halogens is 1. The number of carbonyl (C=O) groups is 4. The summed E-state index contributed by atoms with van der Waals surface area (Å²) in [7, 11) is 1.64. The van der Waals surface area contributed by atoms with E-state index in [0.29, 0.717) is 0 Å². The average Bonchev–Trinajstić information content (AvgIpc) is 3.21. The number of rotatable bonds is 4. The smallest absolute Gasteiger partial charge is 0.255 e. The van der Waals surface area contributed by atoms with E-state index >= 15 is 0 Å². The average molecular weight is 449 g/mol. The highest BCUT2D eigenvalue weighted by Crippen LogP contribution is 2.54. The SMILES string of the molecule is CC[C@]12C(=O)N(C)C[C@H]([C@@H]3C(=O)N(Cc4ccccc4)C(=O)[C@@H]31)N2C(=O)c1ccc(F)cc1. The second-order valence-corrected chi connectivity index (χ2v) is 8.96. The fraction of sp³-hybridized carbons (Fsp3) is 0.360. The summed E-state index contributed by atoms with van der Waals surface area (Å²) in [5, 5.41) is 0. The molecule has 0 unspecified atom stereocenters. The number of likely N-dealkylation sites (tertiary alicyclic amines) is 2. The molecule has 2 aromatic rings. The Balaban J connectivity index is 1.58. The molecular weight excluding hydrogens is 425 g/mol. The Morgan fingerprint density at radius 3 is 2.33 bits per heavy atom. The summed E-state index contributed by atoms with van der Waals surface area (Å²) in [6.45, 7) is 2.06. The second-order valence-electron chi connectivity index (χ2n) is 8.96. The van der Waals surface area contributed by atoms with Crippen LogP contribution in [0.15, 0.2) is 54.6 Å². The van der Waals surface area contributed by atoms with Gasteiger partial charge in [0.2, 0.25) is 17.7 Å². The van der Waals surface area contributed by atoms with E-state index in [0.717, 1.165) is 5.56 Å². The second kappa shape index (κ2) is 7.50. The third kappa shape index (κ3) is 2.86. The molecule has 0 radical (unpaired) electrons. The van der Waals surface area contributed by atoms with Gasteiger partial charge in [-0.1, -0.05) is 37.3 Å². The van der Waals surface area contributed by atoms with Crippen molar-refractivity contribution in [1.29, 1.82) is 0 Å². The van der Waals surface area contributed by atoms with E-state index in [1.54, 1.807) is 14.0 Å². The van der Waals surface area contributed by atoms with Gasteiger partial charge in [0.1, 0.15) is 11.4 Å². The van der Waals surface area contributed by atoms with E-state index in [1.807, 2.05) is 30.3 Å². The third-order valence-corrected chi connectivity index (χ3v) is 7.34. The standard InChI is InChI=1S/C25H24FN3O4/c1-3-25-20-19(22(31)28(23(20)32)13-15-7-5-4-6-8-15)18(14-27(2)24(25)33)29(25)21(30)16-9-11-17(26)12-10-16/h4-12,18-20H,3,13-14H2,1-2H3/t18-,19+,20-,25-/m1/s1. The van der Waals surface area contributed by atoms with Gasteiger partial charge in [0.05, 0.1) is 24.4 Å². The molecular formula is C25H24FN3O4. The zero-order valence-electron chi connectivity index (χ0n) is 18.4. The maximum Gasteiger partial charge on any atom is 0.255 e. The predicted molar refractivity (Wildman–Crippen MR) is 116 cm³/mol.